The summed E-state index contributed by atoms with van der Waals surface area (Å²) in [5.74, 6) is 0.333. The Kier molecular flexibility index (Phi) is 1.70. The van der Waals surface area contributed by atoms with Crippen molar-refractivity contribution < 1.29 is 9.53 Å². The summed E-state index contributed by atoms with van der Waals surface area (Å²) in [6, 6.07) is 8.32. The normalized spacial score (nSPS) is 33.1. The molecule has 1 saturated heterocycles. The molecule has 15 heavy (non-hydrogen) atoms. The van der Waals surface area contributed by atoms with Gasteiger partial charge in [0, 0.05) is 5.92 Å². The quantitative estimate of drug-likeness (QED) is 0.604. The SMILES string of the molecule is C[C@]12OC(=O)C[C@H]1CCc1ccccc12. The fraction of sp³-hybridized carbons (Fsp3) is 0.462. The molecule has 0 bridgehead atoms. The summed E-state index contributed by atoms with van der Waals surface area (Å²) in [5.41, 5.74) is 2.20. The Morgan fingerprint density at radius 1 is 1.40 bits per heavy atom. The van der Waals surface area contributed by atoms with Crippen LogP contribution < -0.4 is 0 Å². The number of ether oxygens (including phenoxy) is 1. The molecule has 0 amide bonds. The average molecular weight is 202 g/mol. The topological polar surface area (TPSA) is 26.3 Å². The van der Waals surface area contributed by atoms with Crippen LogP contribution in [0.15, 0.2) is 24.3 Å². The van der Waals surface area contributed by atoms with Crippen LogP contribution in [-0.4, -0.2) is 5.97 Å². The van der Waals surface area contributed by atoms with Gasteiger partial charge in [-0.2, -0.15) is 0 Å². The highest BCUT2D eigenvalue weighted by molar-refractivity contribution is 5.73. The third-order valence-electron chi connectivity index (χ3n) is 3.83. The summed E-state index contributed by atoms with van der Waals surface area (Å²) in [7, 11) is 0. The van der Waals surface area contributed by atoms with Crippen molar-refractivity contribution in [2.24, 2.45) is 5.92 Å². The number of esters is 1. The second-order valence-corrected chi connectivity index (χ2v) is 4.68. The van der Waals surface area contributed by atoms with E-state index in [4.69, 9.17) is 4.74 Å². The number of benzene rings is 1. The van der Waals surface area contributed by atoms with Gasteiger partial charge in [0.1, 0.15) is 5.60 Å². The summed E-state index contributed by atoms with van der Waals surface area (Å²) in [4.78, 5) is 11.4. The standard InChI is InChI=1S/C13H14O2/c1-13-10(8-12(14)15-13)7-6-9-4-2-3-5-11(9)13/h2-5,10H,6-8H2,1H3/t10-,13+/m1/s1. The van der Waals surface area contributed by atoms with Crippen LogP contribution >= 0.6 is 0 Å². The van der Waals surface area contributed by atoms with Crippen molar-refractivity contribution in [2.45, 2.75) is 31.8 Å². The summed E-state index contributed by atoms with van der Waals surface area (Å²) >= 11 is 0. The van der Waals surface area contributed by atoms with Crippen molar-refractivity contribution in [3.63, 3.8) is 0 Å². The molecule has 78 valence electrons. The molecule has 1 aromatic rings. The largest absolute Gasteiger partial charge is 0.454 e. The maximum absolute atomic E-state index is 11.4. The Bertz CT molecular complexity index is 424. The van der Waals surface area contributed by atoms with E-state index < -0.39 is 0 Å². The maximum atomic E-state index is 11.4. The Balaban J connectivity index is 2.15. The van der Waals surface area contributed by atoms with Crippen LogP contribution in [0.1, 0.15) is 30.9 Å². The fourth-order valence-corrected chi connectivity index (χ4v) is 2.96. The summed E-state index contributed by atoms with van der Waals surface area (Å²) in [6.07, 6.45) is 2.73. The number of hydrogen-bond donors (Lipinski definition) is 0. The molecule has 0 N–H and O–H groups in total. The van der Waals surface area contributed by atoms with E-state index in [2.05, 4.69) is 25.1 Å². The van der Waals surface area contributed by atoms with Gasteiger partial charge in [0.15, 0.2) is 0 Å². The number of carbonyl (C=O) groups excluding carboxylic acids is 1. The Hall–Kier alpha value is -1.31. The average Bonchev–Trinajstić information content (AvgIpc) is 2.53. The van der Waals surface area contributed by atoms with E-state index in [9.17, 15) is 4.79 Å². The molecule has 1 fully saturated rings. The van der Waals surface area contributed by atoms with Crippen molar-refractivity contribution in [2.75, 3.05) is 0 Å². The van der Waals surface area contributed by atoms with Crippen LogP contribution in [0, 0.1) is 5.92 Å². The van der Waals surface area contributed by atoms with E-state index in [1.54, 1.807) is 0 Å². The fourth-order valence-electron chi connectivity index (χ4n) is 2.96. The van der Waals surface area contributed by atoms with Crippen LogP contribution in [0.25, 0.3) is 0 Å². The molecule has 0 saturated carbocycles. The zero-order valence-electron chi connectivity index (χ0n) is 8.82. The van der Waals surface area contributed by atoms with Crippen molar-refractivity contribution in [1.82, 2.24) is 0 Å². The van der Waals surface area contributed by atoms with E-state index in [1.165, 1.54) is 11.1 Å². The molecule has 2 aliphatic rings. The first kappa shape index (κ1) is 8.96. The first-order valence-electron chi connectivity index (χ1n) is 5.50. The second kappa shape index (κ2) is 2.84. The van der Waals surface area contributed by atoms with Gasteiger partial charge in [-0.1, -0.05) is 24.3 Å². The van der Waals surface area contributed by atoms with E-state index in [1.807, 2.05) is 6.07 Å². The number of carbonyl (C=O) groups is 1. The highest BCUT2D eigenvalue weighted by Crippen LogP contribution is 2.48. The monoisotopic (exact) mass is 202 g/mol. The minimum absolute atomic E-state index is 0.0424. The van der Waals surface area contributed by atoms with Crippen LogP contribution in [0.3, 0.4) is 0 Å². The van der Waals surface area contributed by atoms with Gasteiger partial charge in [-0.05, 0) is 30.9 Å². The molecule has 3 rings (SSSR count). The van der Waals surface area contributed by atoms with Gasteiger partial charge >= 0.3 is 5.97 Å². The molecule has 2 atom stereocenters. The molecule has 0 aromatic heterocycles. The molecule has 2 nitrogen and oxygen atoms in total. The van der Waals surface area contributed by atoms with Crippen LogP contribution in [-0.2, 0) is 21.6 Å². The molecular weight excluding hydrogens is 188 g/mol. The molecule has 2 heteroatoms. The highest BCUT2D eigenvalue weighted by Gasteiger charge is 2.49. The predicted molar refractivity (Wildman–Crippen MR) is 56.3 cm³/mol. The lowest BCUT2D eigenvalue weighted by Gasteiger charge is -2.35. The van der Waals surface area contributed by atoms with Crippen molar-refractivity contribution in [3.05, 3.63) is 35.4 Å². The maximum Gasteiger partial charge on any atom is 0.307 e. The van der Waals surface area contributed by atoms with Crippen molar-refractivity contribution in [3.8, 4) is 0 Å². The summed E-state index contributed by atoms with van der Waals surface area (Å²) < 4.78 is 5.54. The lowest BCUT2D eigenvalue weighted by molar-refractivity contribution is -0.149. The first-order valence-corrected chi connectivity index (χ1v) is 5.50. The van der Waals surface area contributed by atoms with E-state index in [0.29, 0.717) is 12.3 Å². The molecular formula is C13H14O2. The lowest BCUT2D eigenvalue weighted by atomic mass is 9.73. The Morgan fingerprint density at radius 2 is 2.20 bits per heavy atom. The van der Waals surface area contributed by atoms with Gasteiger partial charge in [0.25, 0.3) is 0 Å². The van der Waals surface area contributed by atoms with Gasteiger partial charge in [0.05, 0.1) is 6.42 Å². The Labute approximate surface area is 89.2 Å². The van der Waals surface area contributed by atoms with Crippen molar-refractivity contribution in [1.29, 1.82) is 0 Å². The van der Waals surface area contributed by atoms with Gasteiger partial charge in [-0.25, -0.2) is 0 Å². The number of fused-ring (bicyclic) bond motifs is 3. The predicted octanol–water partition coefficient (Wildman–Crippen LogP) is 2.41. The van der Waals surface area contributed by atoms with Crippen molar-refractivity contribution >= 4 is 5.97 Å². The third kappa shape index (κ3) is 1.14. The highest BCUT2D eigenvalue weighted by atomic mass is 16.6. The smallest absolute Gasteiger partial charge is 0.307 e. The Morgan fingerprint density at radius 3 is 3.07 bits per heavy atom. The molecule has 0 radical (unpaired) electrons. The zero-order valence-corrected chi connectivity index (χ0v) is 8.82. The second-order valence-electron chi connectivity index (χ2n) is 4.68. The van der Waals surface area contributed by atoms with Crippen LogP contribution in [0.5, 0.6) is 0 Å². The third-order valence-corrected chi connectivity index (χ3v) is 3.83. The molecule has 1 aliphatic heterocycles. The van der Waals surface area contributed by atoms with Crippen LogP contribution in [0.2, 0.25) is 0 Å². The molecule has 1 aliphatic carbocycles. The van der Waals surface area contributed by atoms with Gasteiger partial charge < -0.3 is 4.74 Å². The minimum atomic E-state index is -0.355. The molecule has 1 aromatic carbocycles. The lowest BCUT2D eigenvalue weighted by Crippen LogP contribution is -2.33. The van der Waals surface area contributed by atoms with E-state index in [-0.39, 0.29) is 11.6 Å². The van der Waals surface area contributed by atoms with Crippen LogP contribution in [0.4, 0.5) is 0 Å². The number of hydrogen-bond acceptors (Lipinski definition) is 2. The molecule has 0 spiro atoms. The minimum Gasteiger partial charge on any atom is -0.454 e. The zero-order chi connectivity index (χ0) is 10.5. The van der Waals surface area contributed by atoms with E-state index >= 15 is 0 Å². The number of aryl methyl sites for hydroxylation is 1. The molecule has 1 heterocycles. The first-order chi connectivity index (χ1) is 7.20. The summed E-state index contributed by atoms with van der Waals surface area (Å²) in [5, 5.41) is 0. The molecule has 0 unspecified atom stereocenters. The summed E-state index contributed by atoms with van der Waals surface area (Å²) in [6.45, 7) is 2.06. The van der Waals surface area contributed by atoms with Gasteiger partial charge in [-0.3, -0.25) is 4.79 Å². The van der Waals surface area contributed by atoms with Gasteiger partial charge in [0.2, 0.25) is 0 Å². The van der Waals surface area contributed by atoms with E-state index in [0.717, 1.165) is 12.8 Å². The van der Waals surface area contributed by atoms with Gasteiger partial charge in [-0.15, -0.1) is 0 Å². The number of rotatable bonds is 0.